The van der Waals surface area contributed by atoms with Gasteiger partial charge in [0.15, 0.2) is 0 Å². The summed E-state index contributed by atoms with van der Waals surface area (Å²) in [5.74, 6) is 1.38. The van der Waals surface area contributed by atoms with Gasteiger partial charge in [-0.05, 0) is 73.1 Å². The molecule has 1 aromatic heterocycles. The van der Waals surface area contributed by atoms with Crippen LogP contribution in [-0.4, -0.2) is 43.3 Å². The molecule has 1 aliphatic heterocycles. The maximum absolute atomic E-state index is 6.62. The molecule has 36 heavy (non-hydrogen) atoms. The van der Waals surface area contributed by atoms with Crippen LogP contribution >= 0.6 is 23.5 Å². The fourth-order valence-corrected chi connectivity index (χ4v) is 4.86. The number of anilines is 5. The summed E-state index contributed by atoms with van der Waals surface area (Å²) in [7, 11) is 1.90. The van der Waals surface area contributed by atoms with Gasteiger partial charge in [-0.1, -0.05) is 29.8 Å². The number of ether oxygens (including phenoxy) is 1. The van der Waals surface area contributed by atoms with Gasteiger partial charge in [0.2, 0.25) is 0 Å². The van der Waals surface area contributed by atoms with Gasteiger partial charge in [-0.2, -0.15) is 0 Å². The molecule has 1 fully saturated rings. The van der Waals surface area contributed by atoms with E-state index in [2.05, 4.69) is 66.6 Å². The first kappa shape index (κ1) is 24.4. The minimum atomic E-state index is 0.684. The van der Waals surface area contributed by atoms with E-state index in [9.17, 15) is 0 Å². The molecule has 3 aromatic carbocycles. The van der Waals surface area contributed by atoms with E-state index in [1.807, 2.05) is 43.4 Å². The molecule has 2 heterocycles. The van der Waals surface area contributed by atoms with Gasteiger partial charge in [-0.3, -0.25) is 4.72 Å². The summed E-state index contributed by atoms with van der Waals surface area (Å²) in [6, 6.07) is 24.4. The Labute approximate surface area is 220 Å². The lowest BCUT2D eigenvalue weighted by molar-refractivity contribution is 0.122. The Bertz CT molecular complexity index is 1330. The summed E-state index contributed by atoms with van der Waals surface area (Å²) in [6.07, 6.45) is 1.54. The summed E-state index contributed by atoms with van der Waals surface area (Å²) in [5.41, 5.74) is 5.05. The van der Waals surface area contributed by atoms with Crippen molar-refractivity contribution in [3.63, 3.8) is 0 Å². The molecule has 3 N–H and O–H groups in total. The average molecular weight is 519 g/mol. The molecule has 0 saturated carbocycles. The molecule has 1 saturated heterocycles. The summed E-state index contributed by atoms with van der Waals surface area (Å²) >= 11 is 8.18. The molecule has 0 amide bonds. The van der Waals surface area contributed by atoms with Crippen LogP contribution in [0.2, 0.25) is 5.02 Å². The number of rotatable bonds is 8. The van der Waals surface area contributed by atoms with Crippen molar-refractivity contribution in [3.05, 3.63) is 84.1 Å². The lowest BCUT2D eigenvalue weighted by atomic mass is 10.0. The highest BCUT2D eigenvalue weighted by Crippen LogP contribution is 2.34. The average Bonchev–Trinajstić information content (AvgIpc) is 2.91. The summed E-state index contributed by atoms with van der Waals surface area (Å²) in [6.45, 7) is 3.28. The highest BCUT2D eigenvalue weighted by molar-refractivity contribution is 7.97. The van der Waals surface area contributed by atoms with Gasteiger partial charge in [0.25, 0.3) is 0 Å². The molecule has 0 unspecified atom stereocenters. The van der Waals surface area contributed by atoms with Crippen LogP contribution in [0.1, 0.15) is 0 Å². The van der Waals surface area contributed by atoms with Gasteiger partial charge in [0, 0.05) is 51.7 Å². The van der Waals surface area contributed by atoms with Gasteiger partial charge < -0.3 is 20.3 Å². The number of hydrogen-bond acceptors (Lipinski definition) is 8. The zero-order chi connectivity index (χ0) is 24.7. The van der Waals surface area contributed by atoms with E-state index in [0.717, 1.165) is 53.7 Å². The van der Waals surface area contributed by atoms with Gasteiger partial charge >= 0.3 is 0 Å². The molecule has 4 aromatic rings. The van der Waals surface area contributed by atoms with Gasteiger partial charge in [-0.25, -0.2) is 9.97 Å². The molecule has 0 radical (unpaired) electrons. The summed E-state index contributed by atoms with van der Waals surface area (Å²) < 4.78 is 8.58. The molecule has 5 rings (SSSR count). The third-order valence-corrected chi connectivity index (χ3v) is 6.79. The maximum atomic E-state index is 6.62. The van der Waals surface area contributed by atoms with Crippen LogP contribution < -0.4 is 20.3 Å². The van der Waals surface area contributed by atoms with Crippen molar-refractivity contribution in [1.29, 1.82) is 0 Å². The van der Waals surface area contributed by atoms with Crippen LogP contribution in [0.4, 0.5) is 28.7 Å². The standard InChI is InChI=1S/C27H27ClN6OS/c1-29-36-23-7-3-5-20(15-23)32-26-17-27(31-18-30-26)33-21-8-9-25(28)24(16-21)19-4-2-6-22(14-19)34-10-12-35-13-11-34/h2-9,14-18,29H,10-13H2,1H3,(H2,30,31,32,33). The molecule has 9 heteroatoms. The van der Waals surface area contributed by atoms with Gasteiger partial charge in [0.05, 0.1) is 13.2 Å². The molecule has 0 bridgehead atoms. The topological polar surface area (TPSA) is 74.3 Å². The van der Waals surface area contributed by atoms with E-state index in [1.165, 1.54) is 5.69 Å². The molecular weight excluding hydrogens is 492 g/mol. The smallest absolute Gasteiger partial charge is 0.135 e. The first-order chi connectivity index (χ1) is 17.7. The number of aromatic nitrogens is 2. The maximum Gasteiger partial charge on any atom is 0.135 e. The van der Waals surface area contributed by atoms with Crippen LogP contribution in [0.3, 0.4) is 0 Å². The van der Waals surface area contributed by atoms with Crippen LogP contribution in [0.5, 0.6) is 0 Å². The quantitative estimate of drug-likeness (QED) is 0.233. The first-order valence-electron chi connectivity index (χ1n) is 11.7. The Morgan fingerprint density at radius 1 is 0.861 bits per heavy atom. The van der Waals surface area contributed by atoms with Gasteiger partial charge in [0.1, 0.15) is 18.0 Å². The Morgan fingerprint density at radius 2 is 1.61 bits per heavy atom. The predicted octanol–water partition coefficient (Wildman–Crippen LogP) is 6.35. The number of nitrogens with one attached hydrogen (secondary N) is 3. The first-order valence-corrected chi connectivity index (χ1v) is 12.9. The van der Waals surface area contributed by atoms with Crippen molar-refractivity contribution in [3.8, 4) is 11.1 Å². The zero-order valence-electron chi connectivity index (χ0n) is 19.9. The predicted molar refractivity (Wildman–Crippen MR) is 150 cm³/mol. The fraction of sp³-hybridized carbons (Fsp3) is 0.185. The Balaban J connectivity index is 1.34. The lowest BCUT2D eigenvalue weighted by Crippen LogP contribution is -2.36. The van der Waals surface area contributed by atoms with Crippen LogP contribution in [0, 0.1) is 0 Å². The molecule has 0 atom stereocenters. The van der Waals surface area contributed by atoms with Crippen LogP contribution in [-0.2, 0) is 4.74 Å². The zero-order valence-corrected chi connectivity index (χ0v) is 21.4. The van der Waals surface area contributed by atoms with Crippen molar-refractivity contribution in [2.75, 3.05) is 48.9 Å². The van der Waals surface area contributed by atoms with E-state index in [1.54, 1.807) is 18.3 Å². The summed E-state index contributed by atoms with van der Waals surface area (Å²) in [4.78, 5) is 12.2. The highest BCUT2D eigenvalue weighted by atomic mass is 35.5. The Kier molecular flexibility index (Phi) is 7.88. The normalized spacial score (nSPS) is 13.4. The summed E-state index contributed by atoms with van der Waals surface area (Å²) in [5, 5.41) is 7.43. The second-order valence-corrected chi connectivity index (χ2v) is 9.71. The SMILES string of the molecule is CNSc1cccc(Nc2cc(Nc3ccc(Cl)c(-c4cccc(N5CCOCC5)c4)c3)ncn2)c1. The number of morpholine rings is 1. The Hall–Kier alpha value is -3.30. The Morgan fingerprint density at radius 3 is 2.39 bits per heavy atom. The monoisotopic (exact) mass is 518 g/mol. The van der Waals surface area contributed by atoms with E-state index >= 15 is 0 Å². The molecular formula is C27H27ClN6OS. The minimum Gasteiger partial charge on any atom is -0.378 e. The molecule has 7 nitrogen and oxygen atoms in total. The van der Waals surface area contributed by atoms with Crippen LogP contribution in [0.15, 0.2) is 84.0 Å². The third kappa shape index (κ3) is 6.09. The number of halogens is 1. The largest absolute Gasteiger partial charge is 0.378 e. The number of benzene rings is 3. The minimum absolute atomic E-state index is 0.684. The fourth-order valence-electron chi connectivity index (χ4n) is 4.06. The number of nitrogens with zero attached hydrogens (tertiary/aromatic N) is 3. The van der Waals surface area contributed by atoms with E-state index in [-0.39, 0.29) is 0 Å². The number of hydrogen-bond donors (Lipinski definition) is 3. The molecule has 0 spiro atoms. The molecule has 1 aliphatic rings. The van der Waals surface area contributed by atoms with Gasteiger partial charge in [-0.15, -0.1) is 0 Å². The van der Waals surface area contributed by atoms with E-state index in [0.29, 0.717) is 16.7 Å². The van der Waals surface area contributed by atoms with E-state index < -0.39 is 0 Å². The van der Waals surface area contributed by atoms with Crippen molar-refractivity contribution in [2.45, 2.75) is 4.90 Å². The van der Waals surface area contributed by atoms with Crippen molar-refractivity contribution < 1.29 is 4.74 Å². The second kappa shape index (κ2) is 11.6. The second-order valence-electron chi connectivity index (χ2n) is 8.22. The van der Waals surface area contributed by atoms with Crippen molar-refractivity contribution >= 4 is 52.2 Å². The highest BCUT2D eigenvalue weighted by Gasteiger charge is 2.13. The van der Waals surface area contributed by atoms with E-state index in [4.69, 9.17) is 16.3 Å². The lowest BCUT2D eigenvalue weighted by Gasteiger charge is -2.29. The molecule has 184 valence electrons. The third-order valence-electron chi connectivity index (χ3n) is 5.77. The van der Waals surface area contributed by atoms with Crippen molar-refractivity contribution in [1.82, 2.24) is 14.7 Å². The molecule has 0 aliphatic carbocycles. The van der Waals surface area contributed by atoms with Crippen LogP contribution in [0.25, 0.3) is 11.1 Å². The van der Waals surface area contributed by atoms with Crippen molar-refractivity contribution in [2.24, 2.45) is 0 Å².